The summed E-state index contributed by atoms with van der Waals surface area (Å²) in [7, 11) is 0. The van der Waals surface area contributed by atoms with Crippen molar-refractivity contribution in [3.05, 3.63) is 65.7 Å². The zero-order valence-corrected chi connectivity index (χ0v) is 14.3. The molecule has 3 rings (SSSR count). The van der Waals surface area contributed by atoms with Crippen LogP contribution in [-0.4, -0.2) is 27.4 Å². The maximum atomic E-state index is 12.7. The van der Waals surface area contributed by atoms with E-state index in [4.69, 9.17) is 4.52 Å². The number of aryl methyl sites for hydroxylation is 2. The quantitative estimate of drug-likeness (QED) is 0.691. The van der Waals surface area contributed by atoms with Gasteiger partial charge in [-0.05, 0) is 25.0 Å². The molecule has 0 saturated heterocycles. The maximum absolute atomic E-state index is 12.7. The molecule has 0 saturated carbocycles. The molecule has 2 heterocycles. The molecule has 0 aliphatic carbocycles. The predicted molar refractivity (Wildman–Crippen MR) is 94.0 cm³/mol. The van der Waals surface area contributed by atoms with E-state index in [0.29, 0.717) is 24.7 Å². The van der Waals surface area contributed by atoms with Gasteiger partial charge in [0.05, 0.1) is 12.7 Å². The number of anilines is 1. The van der Waals surface area contributed by atoms with E-state index < -0.39 is 6.04 Å². The van der Waals surface area contributed by atoms with Crippen molar-refractivity contribution in [3.63, 3.8) is 0 Å². The smallest absolute Gasteiger partial charge is 0.247 e. The van der Waals surface area contributed by atoms with E-state index in [-0.39, 0.29) is 5.91 Å². The van der Waals surface area contributed by atoms with Crippen LogP contribution in [0.1, 0.15) is 22.9 Å². The van der Waals surface area contributed by atoms with E-state index in [9.17, 15) is 4.79 Å². The summed E-state index contributed by atoms with van der Waals surface area (Å²) in [5.41, 5.74) is 2.00. The van der Waals surface area contributed by atoms with Crippen LogP contribution in [0.2, 0.25) is 0 Å². The van der Waals surface area contributed by atoms with Crippen molar-refractivity contribution in [3.8, 4) is 0 Å². The fourth-order valence-corrected chi connectivity index (χ4v) is 2.54. The van der Waals surface area contributed by atoms with Crippen molar-refractivity contribution in [1.29, 1.82) is 0 Å². The van der Waals surface area contributed by atoms with Gasteiger partial charge in [0.15, 0.2) is 5.82 Å². The second-order valence-corrected chi connectivity index (χ2v) is 5.89. The average Bonchev–Trinajstić information content (AvgIpc) is 3.20. The number of carbonyl (C=O) groups is 1. The number of hydrogen-bond donors (Lipinski definition) is 2. The minimum atomic E-state index is -0.491. The monoisotopic (exact) mass is 339 g/mol. The number of nitrogens with one attached hydrogen (secondary N) is 2. The molecule has 25 heavy (non-hydrogen) atoms. The predicted octanol–water partition coefficient (Wildman–Crippen LogP) is 2.46. The lowest BCUT2D eigenvalue weighted by molar-refractivity contribution is -0.118. The minimum absolute atomic E-state index is 0.184. The Hall–Kier alpha value is -2.93. The molecule has 0 unspecified atom stereocenters. The molecule has 2 aromatic heterocycles. The fourth-order valence-electron chi connectivity index (χ4n) is 2.54. The van der Waals surface area contributed by atoms with Gasteiger partial charge in [-0.3, -0.25) is 9.48 Å². The van der Waals surface area contributed by atoms with Gasteiger partial charge in [-0.2, -0.15) is 5.10 Å². The number of benzene rings is 1. The van der Waals surface area contributed by atoms with Gasteiger partial charge < -0.3 is 15.2 Å². The third-order valence-corrected chi connectivity index (χ3v) is 3.73. The summed E-state index contributed by atoms with van der Waals surface area (Å²) in [5.74, 6) is 0.873. The van der Waals surface area contributed by atoms with Crippen LogP contribution < -0.4 is 10.6 Å². The van der Waals surface area contributed by atoms with Crippen molar-refractivity contribution < 1.29 is 9.32 Å². The van der Waals surface area contributed by atoms with E-state index in [0.717, 1.165) is 11.1 Å². The highest BCUT2D eigenvalue weighted by atomic mass is 16.5. The molecule has 0 aliphatic heterocycles. The Morgan fingerprint density at radius 3 is 2.72 bits per heavy atom. The third kappa shape index (κ3) is 4.54. The van der Waals surface area contributed by atoms with Crippen LogP contribution in [-0.2, 0) is 11.3 Å². The lowest BCUT2D eigenvalue weighted by Gasteiger charge is -2.18. The zero-order chi connectivity index (χ0) is 17.6. The topological polar surface area (TPSA) is 85.0 Å². The standard InChI is InChI=1S/C18H21N5O2/c1-13-11-20-23(12-13)9-8-19-17(15-6-4-3-5-7-15)18(24)21-16-10-14(2)25-22-16/h3-7,10-12,17,19H,8-9H2,1-2H3,(H,21,22,24)/t17-/m0/s1. The highest BCUT2D eigenvalue weighted by molar-refractivity contribution is 5.94. The zero-order valence-electron chi connectivity index (χ0n) is 14.3. The summed E-state index contributed by atoms with van der Waals surface area (Å²) in [6, 6.07) is 10.8. The molecular weight excluding hydrogens is 318 g/mol. The van der Waals surface area contributed by atoms with Gasteiger partial charge in [-0.1, -0.05) is 35.5 Å². The second kappa shape index (κ2) is 7.76. The molecule has 7 heteroatoms. The summed E-state index contributed by atoms with van der Waals surface area (Å²) in [6.07, 6.45) is 3.78. The summed E-state index contributed by atoms with van der Waals surface area (Å²) in [6.45, 7) is 5.05. The molecule has 0 aliphatic rings. The van der Waals surface area contributed by atoms with Crippen molar-refractivity contribution in [2.45, 2.75) is 26.4 Å². The van der Waals surface area contributed by atoms with Crippen LogP contribution in [0.3, 0.4) is 0 Å². The molecule has 2 N–H and O–H groups in total. The van der Waals surface area contributed by atoms with Crippen molar-refractivity contribution in [2.75, 3.05) is 11.9 Å². The highest BCUT2D eigenvalue weighted by Gasteiger charge is 2.21. The first-order valence-electron chi connectivity index (χ1n) is 8.13. The number of amides is 1. The van der Waals surface area contributed by atoms with Crippen LogP contribution in [0.25, 0.3) is 0 Å². The maximum Gasteiger partial charge on any atom is 0.247 e. The Morgan fingerprint density at radius 1 is 1.28 bits per heavy atom. The molecule has 1 aromatic carbocycles. The fraction of sp³-hybridized carbons (Fsp3) is 0.278. The number of hydrogen-bond acceptors (Lipinski definition) is 5. The van der Waals surface area contributed by atoms with Crippen LogP contribution in [0.15, 0.2) is 53.3 Å². The molecule has 0 spiro atoms. The van der Waals surface area contributed by atoms with Gasteiger partial charge in [0.2, 0.25) is 5.91 Å². The van der Waals surface area contributed by atoms with Gasteiger partial charge in [0, 0.05) is 18.8 Å². The summed E-state index contributed by atoms with van der Waals surface area (Å²) < 4.78 is 6.85. The first-order valence-corrected chi connectivity index (χ1v) is 8.13. The van der Waals surface area contributed by atoms with E-state index >= 15 is 0 Å². The molecule has 1 atom stereocenters. The Kier molecular flexibility index (Phi) is 5.25. The van der Waals surface area contributed by atoms with E-state index in [1.165, 1.54) is 0 Å². The number of nitrogens with zero attached hydrogens (tertiary/aromatic N) is 3. The van der Waals surface area contributed by atoms with Gasteiger partial charge in [0.25, 0.3) is 0 Å². The molecular formula is C18H21N5O2. The third-order valence-electron chi connectivity index (χ3n) is 3.73. The van der Waals surface area contributed by atoms with Gasteiger partial charge in [-0.15, -0.1) is 0 Å². The molecule has 3 aromatic rings. The van der Waals surface area contributed by atoms with E-state index in [1.54, 1.807) is 13.0 Å². The van der Waals surface area contributed by atoms with Gasteiger partial charge in [0.1, 0.15) is 11.8 Å². The van der Waals surface area contributed by atoms with Crippen LogP contribution in [0, 0.1) is 13.8 Å². The summed E-state index contributed by atoms with van der Waals surface area (Å²) in [5, 5.41) is 14.1. The first-order chi connectivity index (χ1) is 12.1. The van der Waals surface area contributed by atoms with E-state index in [1.807, 2.05) is 54.3 Å². The van der Waals surface area contributed by atoms with Gasteiger partial charge >= 0.3 is 0 Å². The van der Waals surface area contributed by atoms with Crippen LogP contribution in [0.4, 0.5) is 5.82 Å². The Morgan fingerprint density at radius 2 is 2.08 bits per heavy atom. The largest absolute Gasteiger partial charge is 0.360 e. The normalized spacial score (nSPS) is 12.1. The number of rotatable bonds is 7. The first kappa shape index (κ1) is 16.9. The molecule has 130 valence electrons. The molecule has 0 bridgehead atoms. The average molecular weight is 339 g/mol. The second-order valence-electron chi connectivity index (χ2n) is 5.89. The Labute approximate surface area is 146 Å². The lowest BCUT2D eigenvalue weighted by Crippen LogP contribution is -2.35. The molecule has 7 nitrogen and oxygen atoms in total. The van der Waals surface area contributed by atoms with Crippen LogP contribution >= 0.6 is 0 Å². The SMILES string of the molecule is Cc1cnn(CCN[C@H](C(=O)Nc2cc(C)on2)c2ccccc2)c1. The van der Waals surface area contributed by atoms with Gasteiger partial charge in [-0.25, -0.2) is 0 Å². The minimum Gasteiger partial charge on any atom is -0.360 e. The van der Waals surface area contributed by atoms with Crippen molar-refractivity contribution in [1.82, 2.24) is 20.3 Å². The van der Waals surface area contributed by atoms with Crippen molar-refractivity contribution >= 4 is 11.7 Å². The molecule has 0 radical (unpaired) electrons. The van der Waals surface area contributed by atoms with E-state index in [2.05, 4.69) is 20.9 Å². The number of carbonyl (C=O) groups excluding carboxylic acids is 1. The van der Waals surface area contributed by atoms with Crippen LogP contribution in [0.5, 0.6) is 0 Å². The number of aromatic nitrogens is 3. The highest BCUT2D eigenvalue weighted by Crippen LogP contribution is 2.16. The Balaban J connectivity index is 1.67. The molecule has 1 amide bonds. The summed E-state index contributed by atoms with van der Waals surface area (Å²) in [4.78, 5) is 12.7. The summed E-state index contributed by atoms with van der Waals surface area (Å²) >= 11 is 0. The molecule has 0 fully saturated rings. The lowest BCUT2D eigenvalue weighted by atomic mass is 10.1. The van der Waals surface area contributed by atoms with Crippen molar-refractivity contribution in [2.24, 2.45) is 0 Å². The Bertz CT molecular complexity index is 825.